The maximum atomic E-state index is 11.2. The van der Waals surface area contributed by atoms with E-state index >= 15 is 0 Å². The van der Waals surface area contributed by atoms with Gasteiger partial charge in [-0.3, -0.25) is 4.79 Å². The Morgan fingerprint density at radius 3 is 2.33 bits per heavy atom. The van der Waals surface area contributed by atoms with Crippen molar-refractivity contribution in [3.05, 3.63) is 0 Å². The molecular formula is C11H24N2O2. The number of hydrogen-bond donors (Lipinski definition) is 2. The standard InChI is InChI=1S/C11H24N2O2/c1-5-7-11(6-2,10(14)15)12-8-9-13(3)4/h12H,5-9H2,1-4H3,(H,14,15). The van der Waals surface area contributed by atoms with E-state index in [4.69, 9.17) is 0 Å². The molecule has 0 heterocycles. The molecule has 4 nitrogen and oxygen atoms in total. The molecular weight excluding hydrogens is 192 g/mol. The largest absolute Gasteiger partial charge is 0.480 e. The molecule has 0 amide bonds. The Morgan fingerprint density at radius 2 is 2.00 bits per heavy atom. The molecule has 0 aromatic heterocycles. The Morgan fingerprint density at radius 1 is 1.40 bits per heavy atom. The van der Waals surface area contributed by atoms with Crippen LogP contribution in [0.2, 0.25) is 0 Å². The molecule has 0 spiro atoms. The lowest BCUT2D eigenvalue weighted by Gasteiger charge is -2.29. The molecule has 1 unspecified atom stereocenters. The molecule has 0 saturated heterocycles. The summed E-state index contributed by atoms with van der Waals surface area (Å²) in [5, 5.41) is 12.4. The van der Waals surface area contributed by atoms with Crippen LogP contribution in [0.5, 0.6) is 0 Å². The minimum absolute atomic E-state index is 0.629. The first-order valence-electron chi connectivity index (χ1n) is 5.61. The van der Waals surface area contributed by atoms with Crippen LogP contribution in [0.4, 0.5) is 0 Å². The summed E-state index contributed by atoms with van der Waals surface area (Å²) in [4.78, 5) is 13.3. The summed E-state index contributed by atoms with van der Waals surface area (Å²) in [5.74, 6) is -0.731. The van der Waals surface area contributed by atoms with Crippen LogP contribution < -0.4 is 5.32 Å². The number of aliphatic carboxylic acids is 1. The van der Waals surface area contributed by atoms with Gasteiger partial charge in [0.1, 0.15) is 5.54 Å². The fourth-order valence-corrected chi connectivity index (χ4v) is 1.67. The molecule has 4 heteroatoms. The summed E-state index contributed by atoms with van der Waals surface area (Å²) in [7, 11) is 3.96. The van der Waals surface area contributed by atoms with E-state index in [0.717, 1.165) is 13.0 Å². The molecule has 2 N–H and O–H groups in total. The molecule has 0 aliphatic heterocycles. The quantitative estimate of drug-likeness (QED) is 0.639. The summed E-state index contributed by atoms with van der Waals surface area (Å²) in [6.45, 7) is 5.51. The van der Waals surface area contributed by atoms with Gasteiger partial charge < -0.3 is 15.3 Å². The maximum Gasteiger partial charge on any atom is 0.323 e. The SMILES string of the molecule is CCCC(CC)(NCCN(C)C)C(=O)O. The normalized spacial score (nSPS) is 15.3. The number of nitrogens with zero attached hydrogens (tertiary/aromatic N) is 1. The van der Waals surface area contributed by atoms with Crippen LogP contribution in [0.15, 0.2) is 0 Å². The van der Waals surface area contributed by atoms with Crippen LogP contribution in [-0.2, 0) is 4.79 Å². The second-order valence-electron chi connectivity index (χ2n) is 4.22. The van der Waals surface area contributed by atoms with Gasteiger partial charge in [-0.1, -0.05) is 20.3 Å². The highest BCUT2D eigenvalue weighted by Gasteiger charge is 2.34. The average Bonchev–Trinajstić information content (AvgIpc) is 2.15. The predicted octanol–water partition coefficient (Wildman–Crippen LogP) is 1.17. The van der Waals surface area contributed by atoms with E-state index < -0.39 is 11.5 Å². The zero-order chi connectivity index (χ0) is 11.9. The van der Waals surface area contributed by atoms with Crippen molar-refractivity contribution in [2.24, 2.45) is 0 Å². The third-order valence-electron chi connectivity index (χ3n) is 2.71. The summed E-state index contributed by atoms with van der Waals surface area (Å²) in [6.07, 6.45) is 2.20. The average molecular weight is 216 g/mol. The van der Waals surface area contributed by atoms with Crippen LogP contribution >= 0.6 is 0 Å². The van der Waals surface area contributed by atoms with Gasteiger partial charge in [0.15, 0.2) is 0 Å². The fourth-order valence-electron chi connectivity index (χ4n) is 1.67. The first kappa shape index (κ1) is 14.4. The van der Waals surface area contributed by atoms with Gasteiger partial charge in [-0.05, 0) is 26.9 Å². The van der Waals surface area contributed by atoms with E-state index in [1.54, 1.807) is 0 Å². The lowest BCUT2D eigenvalue weighted by molar-refractivity contribution is -0.145. The Bertz CT molecular complexity index is 195. The summed E-state index contributed by atoms with van der Waals surface area (Å²) in [6, 6.07) is 0. The fraction of sp³-hybridized carbons (Fsp3) is 0.909. The molecule has 0 aromatic carbocycles. The predicted molar refractivity (Wildman–Crippen MR) is 62.1 cm³/mol. The number of likely N-dealkylation sites (N-methyl/N-ethyl adjacent to an activating group) is 1. The number of hydrogen-bond acceptors (Lipinski definition) is 3. The zero-order valence-corrected chi connectivity index (χ0v) is 10.3. The van der Waals surface area contributed by atoms with Gasteiger partial charge in [-0.15, -0.1) is 0 Å². The molecule has 0 saturated carbocycles. The van der Waals surface area contributed by atoms with Crippen molar-refractivity contribution < 1.29 is 9.90 Å². The lowest BCUT2D eigenvalue weighted by Crippen LogP contribution is -2.53. The zero-order valence-electron chi connectivity index (χ0n) is 10.3. The minimum atomic E-state index is -0.731. The Hall–Kier alpha value is -0.610. The Balaban J connectivity index is 4.28. The molecule has 0 fully saturated rings. The number of rotatable bonds is 8. The molecule has 0 radical (unpaired) electrons. The maximum absolute atomic E-state index is 11.2. The number of carboxylic acid groups (broad SMARTS) is 1. The smallest absolute Gasteiger partial charge is 0.323 e. The van der Waals surface area contributed by atoms with Crippen molar-refractivity contribution >= 4 is 5.97 Å². The Labute approximate surface area is 92.7 Å². The topological polar surface area (TPSA) is 52.6 Å². The van der Waals surface area contributed by atoms with Gasteiger partial charge in [0.25, 0.3) is 0 Å². The van der Waals surface area contributed by atoms with Crippen LogP contribution in [-0.4, -0.2) is 48.7 Å². The van der Waals surface area contributed by atoms with Crippen molar-refractivity contribution in [1.29, 1.82) is 0 Å². The molecule has 0 aliphatic carbocycles. The van der Waals surface area contributed by atoms with Crippen LogP contribution in [0.25, 0.3) is 0 Å². The van der Waals surface area contributed by atoms with Crippen molar-refractivity contribution in [3.8, 4) is 0 Å². The summed E-state index contributed by atoms with van der Waals surface area (Å²) < 4.78 is 0. The molecule has 0 aliphatic rings. The minimum Gasteiger partial charge on any atom is -0.480 e. The van der Waals surface area contributed by atoms with E-state index in [1.165, 1.54) is 0 Å². The van der Waals surface area contributed by atoms with E-state index in [-0.39, 0.29) is 0 Å². The molecule has 0 rings (SSSR count). The summed E-state index contributed by atoms with van der Waals surface area (Å²) >= 11 is 0. The number of carboxylic acids is 1. The monoisotopic (exact) mass is 216 g/mol. The van der Waals surface area contributed by atoms with Crippen molar-refractivity contribution in [2.45, 2.75) is 38.6 Å². The first-order chi connectivity index (χ1) is 6.98. The van der Waals surface area contributed by atoms with Gasteiger partial charge in [0.05, 0.1) is 0 Å². The molecule has 1 atom stereocenters. The van der Waals surface area contributed by atoms with E-state index in [2.05, 4.69) is 5.32 Å². The molecule has 0 bridgehead atoms. The molecule has 90 valence electrons. The van der Waals surface area contributed by atoms with Crippen molar-refractivity contribution in [3.63, 3.8) is 0 Å². The highest BCUT2D eigenvalue weighted by atomic mass is 16.4. The van der Waals surface area contributed by atoms with Crippen LogP contribution in [0, 0.1) is 0 Å². The third kappa shape index (κ3) is 4.62. The van der Waals surface area contributed by atoms with Crippen LogP contribution in [0.1, 0.15) is 33.1 Å². The highest BCUT2D eigenvalue weighted by Crippen LogP contribution is 2.17. The molecule has 0 aromatic rings. The van der Waals surface area contributed by atoms with Gasteiger partial charge in [0.2, 0.25) is 0 Å². The number of carbonyl (C=O) groups is 1. The lowest BCUT2D eigenvalue weighted by atomic mass is 9.90. The molecule has 15 heavy (non-hydrogen) atoms. The van der Waals surface area contributed by atoms with Gasteiger partial charge >= 0.3 is 5.97 Å². The van der Waals surface area contributed by atoms with E-state index in [9.17, 15) is 9.90 Å². The van der Waals surface area contributed by atoms with Gasteiger partial charge in [-0.2, -0.15) is 0 Å². The summed E-state index contributed by atoms with van der Waals surface area (Å²) in [5.41, 5.74) is -0.731. The van der Waals surface area contributed by atoms with E-state index in [0.29, 0.717) is 19.4 Å². The van der Waals surface area contributed by atoms with Crippen molar-refractivity contribution in [1.82, 2.24) is 10.2 Å². The van der Waals surface area contributed by atoms with Crippen LogP contribution in [0.3, 0.4) is 0 Å². The Kier molecular flexibility index (Phi) is 6.52. The van der Waals surface area contributed by atoms with Gasteiger partial charge in [0, 0.05) is 13.1 Å². The first-order valence-corrected chi connectivity index (χ1v) is 5.61. The third-order valence-corrected chi connectivity index (χ3v) is 2.71. The van der Waals surface area contributed by atoms with Crippen molar-refractivity contribution in [2.75, 3.05) is 27.2 Å². The van der Waals surface area contributed by atoms with Gasteiger partial charge in [-0.25, -0.2) is 0 Å². The highest BCUT2D eigenvalue weighted by molar-refractivity contribution is 5.78. The second kappa shape index (κ2) is 6.80. The van der Waals surface area contributed by atoms with E-state index in [1.807, 2.05) is 32.8 Å². The second-order valence-corrected chi connectivity index (χ2v) is 4.22. The number of nitrogens with one attached hydrogen (secondary N) is 1.